The zero-order valence-electron chi connectivity index (χ0n) is 19.7. The van der Waals surface area contributed by atoms with Gasteiger partial charge in [0.1, 0.15) is 0 Å². The Bertz CT molecular complexity index is 1270. The Morgan fingerprint density at radius 3 is 2.44 bits per heavy atom. The van der Waals surface area contributed by atoms with Crippen molar-refractivity contribution in [3.63, 3.8) is 0 Å². The molecule has 36 heavy (non-hydrogen) atoms. The molecule has 3 aromatic rings. The van der Waals surface area contributed by atoms with Gasteiger partial charge in [-0.25, -0.2) is 4.68 Å². The van der Waals surface area contributed by atoms with E-state index in [4.69, 9.17) is 0 Å². The molecule has 188 valence electrons. The molecule has 5 rings (SSSR count). The van der Waals surface area contributed by atoms with Gasteiger partial charge in [0.15, 0.2) is 5.69 Å². The van der Waals surface area contributed by atoms with E-state index in [-0.39, 0.29) is 35.0 Å². The number of likely N-dealkylation sites (N-methyl/N-ethyl adjacent to an activating group) is 1. The Balaban J connectivity index is 1.53. The maximum atomic E-state index is 13.9. The number of halogens is 3. The molecule has 1 N–H and O–H groups in total. The van der Waals surface area contributed by atoms with Crippen molar-refractivity contribution in [3.8, 4) is 5.69 Å². The first kappa shape index (κ1) is 24.1. The molecule has 1 aliphatic carbocycles. The lowest BCUT2D eigenvalue weighted by Gasteiger charge is -2.40. The molecule has 1 unspecified atom stereocenters. The molecule has 1 aliphatic heterocycles. The van der Waals surface area contributed by atoms with Crippen LogP contribution in [0.1, 0.15) is 40.5 Å². The number of rotatable bonds is 5. The number of alkyl halides is 3. The zero-order chi connectivity index (χ0) is 25.4. The molecule has 0 radical (unpaired) electrons. The predicted molar refractivity (Wildman–Crippen MR) is 128 cm³/mol. The second-order valence-corrected chi connectivity index (χ2v) is 9.33. The summed E-state index contributed by atoms with van der Waals surface area (Å²) in [5.74, 6) is -0.496. The lowest BCUT2D eigenvalue weighted by molar-refractivity contribution is -0.141. The van der Waals surface area contributed by atoms with Crippen LogP contribution in [0.25, 0.3) is 5.69 Å². The van der Waals surface area contributed by atoms with Gasteiger partial charge in [-0.1, -0.05) is 30.3 Å². The summed E-state index contributed by atoms with van der Waals surface area (Å²) in [7, 11) is 1.99. The Morgan fingerprint density at radius 1 is 1.03 bits per heavy atom. The maximum absolute atomic E-state index is 13.9. The predicted octanol–water partition coefficient (Wildman–Crippen LogP) is 4.37. The van der Waals surface area contributed by atoms with E-state index in [1.165, 1.54) is 12.3 Å². The van der Waals surface area contributed by atoms with Crippen LogP contribution in [0.2, 0.25) is 0 Å². The zero-order valence-corrected chi connectivity index (χ0v) is 19.7. The summed E-state index contributed by atoms with van der Waals surface area (Å²) in [6.45, 7) is 1.75. The highest BCUT2D eigenvalue weighted by Crippen LogP contribution is 2.33. The quantitative estimate of drug-likeness (QED) is 0.569. The minimum Gasteiger partial charge on any atom is -0.329 e. The Hall–Kier alpha value is -3.66. The third kappa shape index (κ3) is 4.99. The molecule has 0 spiro atoms. The smallest absolute Gasteiger partial charge is 0.329 e. The van der Waals surface area contributed by atoms with Crippen molar-refractivity contribution in [3.05, 3.63) is 77.6 Å². The molecule has 1 saturated carbocycles. The minimum absolute atomic E-state index is 0.0479. The molecular weight excluding hydrogens is 471 g/mol. The molecule has 0 bridgehead atoms. The van der Waals surface area contributed by atoms with E-state index < -0.39 is 11.9 Å². The van der Waals surface area contributed by atoms with Gasteiger partial charge in [-0.05, 0) is 49.7 Å². The van der Waals surface area contributed by atoms with E-state index in [0.717, 1.165) is 29.2 Å². The number of hydrogen-bond acceptors (Lipinski definition) is 4. The van der Waals surface area contributed by atoms with E-state index in [9.17, 15) is 22.8 Å². The van der Waals surface area contributed by atoms with Crippen molar-refractivity contribution in [2.45, 2.75) is 25.1 Å². The third-order valence-electron chi connectivity index (χ3n) is 6.60. The van der Waals surface area contributed by atoms with Crippen LogP contribution in [-0.2, 0) is 11.0 Å². The normalized spacial score (nSPS) is 18.8. The van der Waals surface area contributed by atoms with E-state index >= 15 is 0 Å². The van der Waals surface area contributed by atoms with Crippen molar-refractivity contribution in [2.24, 2.45) is 5.92 Å². The van der Waals surface area contributed by atoms with Crippen LogP contribution >= 0.6 is 0 Å². The summed E-state index contributed by atoms with van der Waals surface area (Å²) >= 11 is 0. The van der Waals surface area contributed by atoms with Crippen LogP contribution < -0.4 is 5.32 Å². The topological polar surface area (TPSA) is 70.5 Å². The molecule has 1 atom stereocenters. The largest absolute Gasteiger partial charge is 0.435 e. The first-order chi connectivity index (χ1) is 17.2. The number of benzene rings is 2. The van der Waals surface area contributed by atoms with E-state index in [0.29, 0.717) is 25.3 Å². The third-order valence-corrected chi connectivity index (χ3v) is 6.60. The first-order valence-electron chi connectivity index (χ1n) is 11.8. The number of anilines is 1. The number of nitrogens with one attached hydrogen (secondary N) is 1. The van der Waals surface area contributed by atoms with Crippen LogP contribution in [-0.4, -0.2) is 58.1 Å². The van der Waals surface area contributed by atoms with Gasteiger partial charge in [0, 0.05) is 37.4 Å². The minimum atomic E-state index is -4.62. The molecular formula is C26H26F3N5O2. The van der Waals surface area contributed by atoms with Gasteiger partial charge in [0.05, 0.1) is 17.3 Å². The van der Waals surface area contributed by atoms with Gasteiger partial charge in [-0.2, -0.15) is 18.3 Å². The highest BCUT2D eigenvalue weighted by atomic mass is 19.4. The summed E-state index contributed by atoms with van der Waals surface area (Å²) in [5.41, 5.74) is 0.706. The summed E-state index contributed by atoms with van der Waals surface area (Å²) in [6.07, 6.45) is -1.82. The highest BCUT2D eigenvalue weighted by Gasteiger charge is 2.35. The monoisotopic (exact) mass is 497 g/mol. The van der Waals surface area contributed by atoms with Crippen LogP contribution in [0.4, 0.5) is 18.9 Å². The number of piperazine rings is 1. The number of carbonyl (C=O) groups excluding carboxylic acids is 2. The lowest BCUT2D eigenvalue weighted by atomic mass is 10.0. The van der Waals surface area contributed by atoms with Gasteiger partial charge < -0.3 is 15.1 Å². The Kier molecular flexibility index (Phi) is 6.29. The number of aromatic nitrogens is 2. The average Bonchev–Trinajstić information content (AvgIpc) is 3.59. The number of carbonyl (C=O) groups is 2. The summed E-state index contributed by atoms with van der Waals surface area (Å²) in [4.78, 5) is 30.1. The van der Waals surface area contributed by atoms with Crippen LogP contribution in [0, 0.1) is 5.92 Å². The van der Waals surface area contributed by atoms with E-state index in [1.807, 2.05) is 37.4 Å². The van der Waals surface area contributed by atoms with Gasteiger partial charge in [-0.3, -0.25) is 9.59 Å². The van der Waals surface area contributed by atoms with Crippen LogP contribution in [0.15, 0.2) is 60.8 Å². The summed E-state index contributed by atoms with van der Waals surface area (Å²) in [6, 6.07) is 15.0. The van der Waals surface area contributed by atoms with Crippen molar-refractivity contribution < 1.29 is 22.8 Å². The van der Waals surface area contributed by atoms with Crippen LogP contribution in [0.5, 0.6) is 0 Å². The van der Waals surface area contributed by atoms with E-state index in [2.05, 4.69) is 15.3 Å². The van der Waals surface area contributed by atoms with Crippen molar-refractivity contribution in [2.75, 3.05) is 32.0 Å². The molecule has 10 heteroatoms. The fourth-order valence-corrected chi connectivity index (χ4v) is 4.46. The number of amides is 2. The second-order valence-electron chi connectivity index (χ2n) is 9.33. The molecule has 7 nitrogen and oxygen atoms in total. The van der Waals surface area contributed by atoms with Crippen molar-refractivity contribution >= 4 is 17.5 Å². The van der Waals surface area contributed by atoms with Crippen LogP contribution in [0.3, 0.4) is 0 Å². The lowest BCUT2D eigenvalue weighted by Crippen LogP contribution is -2.49. The fourth-order valence-electron chi connectivity index (χ4n) is 4.46. The molecule has 2 fully saturated rings. The standard InChI is InChI=1S/C26H26F3N5O2/c1-32-13-14-33(22(16-32)17-5-3-2-4-6-17)25(36)20-10-9-19(30-24(35)18-7-8-18)15-21(20)34-12-11-23(31-34)26(27,28)29/h2-6,9-12,15,18,22H,7-8,13-14,16H2,1H3,(H,30,35). The average molecular weight is 498 g/mol. The van der Waals surface area contributed by atoms with Crippen molar-refractivity contribution in [1.82, 2.24) is 19.6 Å². The molecule has 2 aliphatic rings. The fraction of sp³-hybridized carbons (Fsp3) is 0.346. The highest BCUT2D eigenvalue weighted by molar-refractivity contribution is 6.00. The molecule has 1 aromatic heterocycles. The molecule has 2 amide bonds. The number of hydrogen-bond donors (Lipinski definition) is 1. The van der Waals surface area contributed by atoms with Gasteiger partial charge in [0.2, 0.25) is 5.91 Å². The Labute approximate surface area is 206 Å². The molecule has 2 aromatic carbocycles. The molecule has 2 heterocycles. The SMILES string of the molecule is CN1CCN(C(=O)c2ccc(NC(=O)C3CC3)cc2-n2ccc(C(F)(F)F)n2)C(c2ccccc2)C1. The van der Waals surface area contributed by atoms with Gasteiger partial charge in [-0.15, -0.1) is 0 Å². The first-order valence-corrected chi connectivity index (χ1v) is 11.8. The van der Waals surface area contributed by atoms with Gasteiger partial charge in [0.25, 0.3) is 5.91 Å². The maximum Gasteiger partial charge on any atom is 0.435 e. The number of nitrogens with zero attached hydrogens (tertiary/aromatic N) is 4. The second kappa shape index (κ2) is 9.42. The van der Waals surface area contributed by atoms with E-state index in [1.54, 1.807) is 17.0 Å². The Morgan fingerprint density at radius 2 is 1.78 bits per heavy atom. The van der Waals surface area contributed by atoms with Gasteiger partial charge >= 0.3 is 6.18 Å². The van der Waals surface area contributed by atoms with Crippen molar-refractivity contribution in [1.29, 1.82) is 0 Å². The molecule has 1 saturated heterocycles. The summed E-state index contributed by atoms with van der Waals surface area (Å²) in [5, 5.41) is 6.50. The summed E-state index contributed by atoms with van der Waals surface area (Å²) < 4.78 is 40.9.